The van der Waals surface area contributed by atoms with E-state index in [4.69, 9.17) is 9.72 Å². The lowest BCUT2D eigenvalue weighted by Gasteiger charge is -2.27. The number of sulfonamides is 1. The number of methoxy groups -OCH3 is 1. The first kappa shape index (κ1) is 25.8. The van der Waals surface area contributed by atoms with Crippen LogP contribution in [0.25, 0.3) is 10.6 Å². The third-order valence-electron chi connectivity index (χ3n) is 6.49. The van der Waals surface area contributed by atoms with E-state index in [-0.39, 0.29) is 17.5 Å². The Hall–Kier alpha value is -2.26. The van der Waals surface area contributed by atoms with Crippen molar-refractivity contribution in [3.63, 3.8) is 0 Å². The Morgan fingerprint density at radius 1 is 1.14 bits per heavy atom. The monoisotopic (exact) mass is 513 g/mol. The Balaban J connectivity index is 1.51. The molecule has 0 spiro atoms. The molecule has 1 aliphatic carbocycles. The highest BCUT2D eigenvalue weighted by atomic mass is 32.2. The van der Waals surface area contributed by atoms with Crippen molar-refractivity contribution < 1.29 is 13.2 Å². The Morgan fingerprint density at radius 3 is 2.63 bits per heavy atom. The minimum atomic E-state index is -3.68. The molecule has 0 bridgehead atoms. The summed E-state index contributed by atoms with van der Waals surface area (Å²) in [5.41, 5.74) is 3.09. The molecule has 3 aromatic rings. The maximum Gasteiger partial charge on any atom is 0.243 e. The van der Waals surface area contributed by atoms with Gasteiger partial charge in [-0.1, -0.05) is 56.5 Å². The second-order valence-corrected chi connectivity index (χ2v) is 11.8. The number of hydrogen-bond acceptors (Lipinski definition) is 6. The van der Waals surface area contributed by atoms with Crippen LogP contribution in [0.15, 0.2) is 58.8 Å². The fourth-order valence-electron chi connectivity index (χ4n) is 4.47. The van der Waals surface area contributed by atoms with Crippen molar-refractivity contribution >= 4 is 21.4 Å². The molecule has 0 atom stereocenters. The van der Waals surface area contributed by atoms with Gasteiger partial charge in [-0.25, -0.2) is 13.4 Å². The van der Waals surface area contributed by atoms with Crippen LogP contribution in [0.4, 0.5) is 0 Å². The lowest BCUT2D eigenvalue weighted by Crippen LogP contribution is -2.38. The molecule has 1 aliphatic rings. The fourth-order valence-corrected chi connectivity index (χ4v) is 6.98. The van der Waals surface area contributed by atoms with Crippen LogP contribution in [0.2, 0.25) is 0 Å². The third kappa shape index (κ3) is 6.50. The summed E-state index contributed by atoms with van der Waals surface area (Å²) in [7, 11) is -2.13. The summed E-state index contributed by atoms with van der Waals surface area (Å²) < 4.78 is 34.3. The molecule has 2 aromatic carbocycles. The van der Waals surface area contributed by atoms with E-state index < -0.39 is 10.0 Å². The Morgan fingerprint density at radius 2 is 1.91 bits per heavy atom. The van der Waals surface area contributed by atoms with E-state index in [0.29, 0.717) is 5.75 Å². The maximum atomic E-state index is 13.7. The number of hydrogen-bond donors (Lipinski definition) is 1. The van der Waals surface area contributed by atoms with E-state index in [2.05, 4.69) is 36.5 Å². The number of unbranched alkanes of at least 4 members (excludes halogenated alkanes) is 1. The summed E-state index contributed by atoms with van der Waals surface area (Å²) in [5.74, 6) is 0.539. The SMILES string of the molecule is CCCCNCc1ccc(-c2nc(CN(C3CCCC3)S(=O)(=O)c3cccc(OC)c3)cs2)cc1. The Kier molecular flexibility index (Phi) is 8.94. The molecule has 35 heavy (non-hydrogen) atoms. The van der Waals surface area contributed by atoms with Crippen molar-refractivity contribution in [3.8, 4) is 16.3 Å². The van der Waals surface area contributed by atoms with Crippen molar-refractivity contribution in [1.29, 1.82) is 0 Å². The van der Waals surface area contributed by atoms with Gasteiger partial charge < -0.3 is 10.1 Å². The van der Waals surface area contributed by atoms with Gasteiger partial charge in [0.1, 0.15) is 10.8 Å². The molecule has 0 saturated heterocycles. The van der Waals surface area contributed by atoms with E-state index in [1.165, 1.54) is 18.4 Å². The van der Waals surface area contributed by atoms with Gasteiger partial charge in [0.2, 0.25) is 10.0 Å². The minimum absolute atomic E-state index is 0.00385. The summed E-state index contributed by atoms with van der Waals surface area (Å²) in [5, 5.41) is 6.36. The van der Waals surface area contributed by atoms with Gasteiger partial charge in [0.15, 0.2) is 0 Å². The Labute approximate surface area is 213 Å². The summed E-state index contributed by atoms with van der Waals surface area (Å²) in [6, 6.07) is 15.2. The number of nitrogens with one attached hydrogen (secondary N) is 1. The molecule has 1 heterocycles. The molecule has 1 saturated carbocycles. The molecule has 0 unspecified atom stereocenters. The van der Waals surface area contributed by atoms with E-state index in [9.17, 15) is 8.42 Å². The summed E-state index contributed by atoms with van der Waals surface area (Å²) in [6.45, 7) is 4.37. The minimum Gasteiger partial charge on any atom is -0.497 e. The van der Waals surface area contributed by atoms with Crippen molar-refractivity contribution in [2.75, 3.05) is 13.7 Å². The van der Waals surface area contributed by atoms with Crippen LogP contribution in [-0.2, 0) is 23.1 Å². The topological polar surface area (TPSA) is 71.5 Å². The van der Waals surface area contributed by atoms with E-state index in [1.807, 2.05) is 5.38 Å². The van der Waals surface area contributed by atoms with Crippen LogP contribution in [0.5, 0.6) is 5.75 Å². The fraction of sp³-hybridized carbons (Fsp3) is 0.444. The van der Waals surface area contributed by atoms with Crippen molar-refractivity contribution in [2.24, 2.45) is 0 Å². The summed E-state index contributed by atoms with van der Waals surface area (Å²) in [6.07, 6.45) is 6.25. The van der Waals surface area contributed by atoms with Gasteiger partial charge in [-0.05, 0) is 43.5 Å². The van der Waals surface area contributed by atoms with Crippen LogP contribution in [0, 0.1) is 0 Å². The van der Waals surface area contributed by atoms with Gasteiger partial charge in [0.05, 0.1) is 24.2 Å². The number of ether oxygens (including phenoxy) is 1. The van der Waals surface area contributed by atoms with Gasteiger partial charge in [0, 0.05) is 29.6 Å². The maximum absolute atomic E-state index is 13.7. The molecule has 188 valence electrons. The molecule has 1 N–H and O–H groups in total. The standard InChI is InChI=1S/C27H35N3O3S2/c1-3-4-16-28-18-21-12-14-22(15-13-21)27-29-23(20-34-27)19-30(24-8-5-6-9-24)35(31,32)26-11-7-10-25(17-26)33-2/h7,10-15,17,20,24,28H,3-6,8-9,16,18-19H2,1-2H3. The van der Waals surface area contributed by atoms with Crippen LogP contribution in [-0.4, -0.2) is 37.4 Å². The van der Waals surface area contributed by atoms with Gasteiger partial charge in [-0.15, -0.1) is 11.3 Å². The third-order valence-corrected chi connectivity index (χ3v) is 9.32. The first-order chi connectivity index (χ1) is 17.0. The largest absolute Gasteiger partial charge is 0.497 e. The van der Waals surface area contributed by atoms with E-state index in [0.717, 1.165) is 55.0 Å². The highest BCUT2D eigenvalue weighted by molar-refractivity contribution is 7.89. The molecule has 0 amide bonds. The Bertz CT molecular complexity index is 1190. The molecule has 8 heteroatoms. The summed E-state index contributed by atoms with van der Waals surface area (Å²) >= 11 is 1.56. The normalized spacial score (nSPS) is 14.6. The van der Waals surface area contributed by atoms with Gasteiger partial charge in [-0.2, -0.15) is 4.31 Å². The zero-order valence-corrected chi connectivity index (χ0v) is 22.2. The first-order valence-corrected chi connectivity index (χ1v) is 14.7. The average Bonchev–Trinajstić information content (AvgIpc) is 3.58. The van der Waals surface area contributed by atoms with Crippen LogP contribution < -0.4 is 10.1 Å². The predicted molar refractivity (Wildman–Crippen MR) is 142 cm³/mol. The number of nitrogens with zero attached hydrogens (tertiary/aromatic N) is 2. The molecular weight excluding hydrogens is 478 g/mol. The van der Waals surface area contributed by atoms with Crippen molar-refractivity contribution in [2.45, 2.75) is 69.5 Å². The van der Waals surface area contributed by atoms with Crippen LogP contribution >= 0.6 is 11.3 Å². The molecule has 4 rings (SSSR count). The lowest BCUT2D eigenvalue weighted by molar-refractivity contribution is 0.313. The lowest BCUT2D eigenvalue weighted by atomic mass is 10.1. The predicted octanol–water partition coefficient (Wildman–Crippen LogP) is 5.84. The average molecular weight is 514 g/mol. The van der Waals surface area contributed by atoms with Crippen molar-refractivity contribution in [3.05, 3.63) is 65.2 Å². The van der Waals surface area contributed by atoms with Gasteiger partial charge >= 0.3 is 0 Å². The smallest absolute Gasteiger partial charge is 0.243 e. The molecule has 1 fully saturated rings. The number of benzene rings is 2. The highest BCUT2D eigenvalue weighted by Gasteiger charge is 2.34. The zero-order valence-electron chi connectivity index (χ0n) is 20.6. The van der Waals surface area contributed by atoms with Crippen LogP contribution in [0.1, 0.15) is 56.7 Å². The number of thiazole rings is 1. The molecule has 0 radical (unpaired) electrons. The highest BCUT2D eigenvalue weighted by Crippen LogP contribution is 2.32. The van der Waals surface area contributed by atoms with Crippen molar-refractivity contribution in [1.82, 2.24) is 14.6 Å². The molecule has 6 nitrogen and oxygen atoms in total. The summed E-state index contributed by atoms with van der Waals surface area (Å²) in [4.78, 5) is 5.09. The quantitative estimate of drug-likeness (QED) is 0.308. The van der Waals surface area contributed by atoms with Crippen LogP contribution in [0.3, 0.4) is 0 Å². The second kappa shape index (κ2) is 12.1. The van der Waals surface area contributed by atoms with Gasteiger partial charge in [0.25, 0.3) is 0 Å². The van der Waals surface area contributed by atoms with E-state index >= 15 is 0 Å². The molecule has 1 aromatic heterocycles. The number of aromatic nitrogens is 1. The molecule has 0 aliphatic heterocycles. The zero-order chi connectivity index (χ0) is 24.7. The number of rotatable bonds is 12. The first-order valence-electron chi connectivity index (χ1n) is 12.4. The van der Waals surface area contributed by atoms with Gasteiger partial charge in [-0.3, -0.25) is 0 Å². The van der Waals surface area contributed by atoms with E-state index in [1.54, 1.807) is 47.0 Å². The second-order valence-electron chi connectivity index (χ2n) is 9.04. The molecular formula is C27H35N3O3S2.